The predicted molar refractivity (Wildman–Crippen MR) is 196 cm³/mol. The van der Waals surface area contributed by atoms with Crippen LogP contribution in [0.25, 0.3) is 10.2 Å². The van der Waals surface area contributed by atoms with E-state index in [1.165, 1.54) is 27.3 Å². The Balaban J connectivity index is 0.000000187. The van der Waals surface area contributed by atoms with Crippen LogP contribution in [0, 0.1) is 0 Å². The lowest BCUT2D eigenvalue weighted by atomic mass is 10.00. The molecule has 5 aromatic carbocycles. The van der Waals surface area contributed by atoms with Crippen molar-refractivity contribution in [2.45, 2.75) is 19.8 Å². The molecule has 0 fully saturated rings. The summed E-state index contributed by atoms with van der Waals surface area (Å²) in [6.07, 6.45) is 0. The summed E-state index contributed by atoms with van der Waals surface area (Å²) in [6, 6.07) is 45.3. The van der Waals surface area contributed by atoms with E-state index in [1.807, 2.05) is 38.1 Å². The number of ether oxygens (including phenoxy) is 1. The van der Waals surface area contributed by atoms with Crippen molar-refractivity contribution in [3.8, 4) is 5.75 Å². The Morgan fingerprint density at radius 2 is 1.30 bits per heavy atom. The molecule has 0 saturated heterocycles. The van der Waals surface area contributed by atoms with Crippen LogP contribution in [0.4, 0.5) is 5.13 Å². The van der Waals surface area contributed by atoms with Crippen LogP contribution in [-0.4, -0.2) is 29.4 Å². The monoisotopic (exact) mass is 665 g/mol. The standard InChI is InChI=1S/C19H17ClN2O3S.C19H18P/c1-11(2)13-9-12(18(20)24)7-8-15(13)25-10-17(23)22-19-21-14-5-3-4-6-16(14)26-19;1-20(17-11-5-2-6-12-17,18-13-7-3-8-14-18)19-15-9-4-10-16-19/h3-9,11H,10H2,1-2H3,(H,21,22,23);2-16H,1H3/q;+1. The maximum atomic E-state index is 12.2. The second-order valence-electron chi connectivity index (χ2n) is 11.0. The van der Waals surface area contributed by atoms with Gasteiger partial charge >= 0.3 is 0 Å². The molecule has 1 aromatic heterocycles. The van der Waals surface area contributed by atoms with Crippen LogP contribution >= 0.6 is 30.2 Å². The van der Waals surface area contributed by atoms with Crippen molar-refractivity contribution in [2.24, 2.45) is 0 Å². The van der Waals surface area contributed by atoms with E-state index in [0.717, 1.165) is 15.8 Å². The topological polar surface area (TPSA) is 68.3 Å². The summed E-state index contributed by atoms with van der Waals surface area (Å²) in [7, 11) is -1.53. The van der Waals surface area contributed by atoms with Gasteiger partial charge in [-0.1, -0.05) is 91.9 Å². The first-order valence-electron chi connectivity index (χ1n) is 14.9. The predicted octanol–water partition coefficient (Wildman–Crippen LogP) is 8.43. The Labute approximate surface area is 279 Å². The van der Waals surface area contributed by atoms with Gasteiger partial charge in [0.15, 0.2) is 11.7 Å². The van der Waals surface area contributed by atoms with Gasteiger partial charge in [0.05, 0.1) is 16.9 Å². The molecule has 0 unspecified atom stereocenters. The third-order valence-corrected chi connectivity index (χ3v) is 12.7. The Kier molecular flexibility index (Phi) is 11.0. The summed E-state index contributed by atoms with van der Waals surface area (Å²) in [6.45, 7) is 6.22. The molecule has 0 saturated carbocycles. The highest BCUT2D eigenvalue weighted by molar-refractivity contribution is 7.95. The smallest absolute Gasteiger partial charge is 0.264 e. The molecule has 5 nitrogen and oxygen atoms in total. The molecule has 0 bridgehead atoms. The first kappa shape index (κ1) is 33.0. The Hall–Kier alpha value is -4.35. The third-order valence-electron chi connectivity index (χ3n) is 7.58. The largest absolute Gasteiger partial charge is 0.483 e. The molecule has 1 heterocycles. The second kappa shape index (κ2) is 15.3. The highest BCUT2D eigenvalue weighted by Gasteiger charge is 2.39. The van der Waals surface area contributed by atoms with E-state index < -0.39 is 12.5 Å². The summed E-state index contributed by atoms with van der Waals surface area (Å²) in [4.78, 5) is 27.9. The Morgan fingerprint density at radius 3 is 1.80 bits per heavy atom. The van der Waals surface area contributed by atoms with Crippen molar-refractivity contribution >= 4 is 72.6 Å². The van der Waals surface area contributed by atoms with Crippen molar-refractivity contribution in [1.29, 1.82) is 0 Å². The molecule has 1 amide bonds. The van der Waals surface area contributed by atoms with Crippen LogP contribution in [0.1, 0.15) is 35.7 Å². The number of carbonyl (C=O) groups is 2. The van der Waals surface area contributed by atoms with E-state index in [-0.39, 0.29) is 18.4 Å². The van der Waals surface area contributed by atoms with Crippen molar-refractivity contribution < 1.29 is 14.3 Å². The second-order valence-corrected chi connectivity index (χ2v) is 16.0. The van der Waals surface area contributed by atoms with Gasteiger partial charge in [0, 0.05) is 5.56 Å². The number of rotatable bonds is 9. The molecule has 46 heavy (non-hydrogen) atoms. The number of hydrogen-bond donors (Lipinski definition) is 1. The number of carbonyl (C=O) groups excluding carboxylic acids is 2. The summed E-state index contributed by atoms with van der Waals surface area (Å²) in [5.41, 5.74) is 2.07. The molecule has 0 spiro atoms. The van der Waals surface area contributed by atoms with Crippen molar-refractivity contribution in [1.82, 2.24) is 4.98 Å². The van der Waals surface area contributed by atoms with E-state index in [9.17, 15) is 9.59 Å². The van der Waals surface area contributed by atoms with Gasteiger partial charge in [0.25, 0.3) is 11.1 Å². The number of hydrogen-bond acceptors (Lipinski definition) is 5. The number of fused-ring (bicyclic) bond motifs is 1. The number of thiazole rings is 1. The fourth-order valence-electron chi connectivity index (χ4n) is 5.10. The minimum absolute atomic E-state index is 0.119. The van der Waals surface area contributed by atoms with Gasteiger partial charge in [0.1, 0.15) is 28.9 Å². The van der Waals surface area contributed by atoms with Gasteiger partial charge in [-0.15, -0.1) is 0 Å². The fourth-order valence-corrected chi connectivity index (χ4v) is 9.30. The number of benzene rings is 5. The number of nitrogens with zero attached hydrogens (tertiary/aromatic N) is 1. The van der Waals surface area contributed by atoms with E-state index in [4.69, 9.17) is 16.3 Å². The molecule has 0 aliphatic carbocycles. The maximum absolute atomic E-state index is 12.2. The lowest BCUT2D eigenvalue weighted by Crippen LogP contribution is -2.30. The number of nitrogens with one attached hydrogen (secondary N) is 1. The number of anilines is 1. The maximum Gasteiger partial charge on any atom is 0.264 e. The zero-order valence-electron chi connectivity index (χ0n) is 25.9. The highest BCUT2D eigenvalue weighted by atomic mass is 35.5. The van der Waals surface area contributed by atoms with Gasteiger partial charge in [-0.05, 0) is 89.8 Å². The number of amides is 1. The SMILES string of the molecule is CC(C)c1cc(C(=O)Cl)ccc1OCC(=O)Nc1nc2ccccc2s1.C[P+](c1ccccc1)(c1ccccc1)c1ccccc1. The van der Waals surface area contributed by atoms with Crippen LogP contribution in [0.2, 0.25) is 0 Å². The van der Waals surface area contributed by atoms with Crippen molar-refractivity contribution in [3.63, 3.8) is 0 Å². The summed E-state index contributed by atoms with van der Waals surface area (Å²) in [5.74, 6) is 0.380. The minimum atomic E-state index is -1.53. The molecule has 6 aromatic rings. The van der Waals surface area contributed by atoms with Crippen LogP contribution in [-0.2, 0) is 4.79 Å². The molecule has 0 radical (unpaired) electrons. The van der Waals surface area contributed by atoms with Crippen LogP contribution < -0.4 is 26.0 Å². The lowest BCUT2D eigenvalue weighted by molar-refractivity contribution is -0.118. The first-order valence-corrected chi connectivity index (χ1v) is 18.3. The summed E-state index contributed by atoms with van der Waals surface area (Å²) >= 11 is 6.94. The van der Waals surface area contributed by atoms with Crippen LogP contribution in [0.5, 0.6) is 5.75 Å². The van der Waals surface area contributed by atoms with E-state index >= 15 is 0 Å². The molecular formula is C38H35ClN2O3PS+. The number of aromatic nitrogens is 1. The van der Waals surface area contributed by atoms with E-state index in [1.54, 1.807) is 18.2 Å². The molecule has 0 atom stereocenters. The molecule has 6 rings (SSSR count). The first-order chi connectivity index (χ1) is 22.3. The Morgan fingerprint density at radius 1 is 0.783 bits per heavy atom. The van der Waals surface area contributed by atoms with Gasteiger partial charge in [-0.2, -0.15) is 0 Å². The van der Waals surface area contributed by atoms with Crippen molar-refractivity contribution in [2.75, 3.05) is 18.6 Å². The molecule has 1 N–H and O–H groups in total. The normalized spacial score (nSPS) is 11.1. The zero-order chi connectivity index (χ0) is 32.5. The van der Waals surface area contributed by atoms with E-state index in [2.05, 4.69) is 108 Å². The molecule has 0 aliphatic rings. The minimum Gasteiger partial charge on any atom is -0.483 e. The molecule has 0 aliphatic heterocycles. The Bertz CT molecular complexity index is 1790. The number of para-hydroxylation sites is 1. The lowest BCUT2D eigenvalue weighted by Gasteiger charge is -2.22. The summed E-state index contributed by atoms with van der Waals surface area (Å²) < 4.78 is 6.66. The van der Waals surface area contributed by atoms with Crippen molar-refractivity contribution in [3.05, 3.63) is 145 Å². The summed E-state index contributed by atoms with van der Waals surface area (Å²) in [5, 5.41) is 7.05. The average Bonchev–Trinajstić information content (AvgIpc) is 3.50. The third kappa shape index (κ3) is 7.89. The van der Waals surface area contributed by atoms with Crippen LogP contribution in [0.15, 0.2) is 133 Å². The highest BCUT2D eigenvalue weighted by Crippen LogP contribution is 2.51. The number of halogens is 1. The quantitative estimate of drug-likeness (QED) is 0.124. The average molecular weight is 666 g/mol. The van der Waals surface area contributed by atoms with Crippen LogP contribution in [0.3, 0.4) is 0 Å². The molecule has 8 heteroatoms. The molecular weight excluding hydrogens is 631 g/mol. The zero-order valence-corrected chi connectivity index (χ0v) is 28.4. The molecule has 232 valence electrons. The van der Waals surface area contributed by atoms with Gasteiger partial charge in [-0.25, -0.2) is 4.98 Å². The van der Waals surface area contributed by atoms with Gasteiger partial charge in [0.2, 0.25) is 0 Å². The van der Waals surface area contributed by atoms with Gasteiger partial charge in [-0.3, -0.25) is 14.9 Å². The van der Waals surface area contributed by atoms with E-state index in [0.29, 0.717) is 16.4 Å². The van der Waals surface area contributed by atoms with Gasteiger partial charge < -0.3 is 4.74 Å². The fraction of sp³-hybridized carbons (Fsp3) is 0.132.